The van der Waals surface area contributed by atoms with E-state index in [0.717, 1.165) is 41.8 Å². The summed E-state index contributed by atoms with van der Waals surface area (Å²) >= 11 is 0. The summed E-state index contributed by atoms with van der Waals surface area (Å²) in [6.07, 6.45) is 3.73. The number of carbonyl (C=O) groups is 2. The zero-order chi connectivity index (χ0) is 33.9. The fraction of sp³-hybridized carbons (Fsp3) is 0.214. The molecular formula is C42H38N6O2. The SMILES string of the molecule is O=C1c2ccccc2C(=O)N1CCCN(Cc1nnnn1C(c1ccccc1)(c1ccccc1)c1ccccc1)C1CCCc2ccccc21. The molecule has 6 aromatic rings. The Morgan fingerprint density at radius 2 is 1.22 bits per heavy atom. The second-order valence-corrected chi connectivity index (χ2v) is 13.1. The van der Waals surface area contributed by atoms with E-state index < -0.39 is 5.54 Å². The Hall–Kier alpha value is -5.73. The summed E-state index contributed by atoms with van der Waals surface area (Å²) < 4.78 is 2.00. The average molecular weight is 659 g/mol. The van der Waals surface area contributed by atoms with Crippen molar-refractivity contribution in [2.75, 3.05) is 13.1 Å². The number of carbonyl (C=O) groups excluding carboxylic acids is 2. The molecule has 0 fully saturated rings. The first-order chi connectivity index (χ1) is 24.7. The molecule has 2 heterocycles. The van der Waals surface area contributed by atoms with E-state index >= 15 is 0 Å². The number of amides is 2. The molecule has 2 amide bonds. The van der Waals surface area contributed by atoms with Gasteiger partial charge in [0.1, 0.15) is 5.54 Å². The van der Waals surface area contributed by atoms with Crippen molar-refractivity contribution in [3.63, 3.8) is 0 Å². The molecule has 0 spiro atoms. The molecule has 0 bridgehead atoms. The normalized spacial score (nSPS) is 15.7. The van der Waals surface area contributed by atoms with Crippen molar-refractivity contribution in [2.45, 2.75) is 43.8 Å². The van der Waals surface area contributed by atoms with E-state index in [2.05, 4.69) is 107 Å². The molecule has 8 nitrogen and oxygen atoms in total. The highest BCUT2D eigenvalue weighted by Crippen LogP contribution is 2.42. The van der Waals surface area contributed by atoms with Crippen LogP contribution in [0.4, 0.5) is 0 Å². The smallest absolute Gasteiger partial charge is 0.261 e. The number of fused-ring (bicyclic) bond motifs is 2. The topological polar surface area (TPSA) is 84.2 Å². The van der Waals surface area contributed by atoms with Crippen LogP contribution in [0.15, 0.2) is 140 Å². The molecule has 0 saturated carbocycles. The lowest BCUT2D eigenvalue weighted by Gasteiger charge is -2.39. The summed E-state index contributed by atoms with van der Waals surface area (Å²) in [5, 5.41) is 13.8. The van der Waals surface area contributed by atoms with Crippen molar-refractivity contribution in [1.82, 2.24) is 30.0 Å². The van der Waals surface area contributed by atoms with E-state index in [-0.39, 0.29) is 17.9 Å². The minimum absolute atomic E-state index is 0.131. The van der Waals surface area contributed by atoms with Gasteiger partial charge in [-0.25, -0.2) is 4.68 Å². The highest BCUT2D eigenvalue weighted by atomic mass is 16.2. The first-order valence-electron chi connectivity index (χ1n) is 17.4. The largest absolute Gasteiger partial charge is 0.289 e. The van der Waals surface area contributed by atoms with Crippen LogP contribution in [0.25, 0.3) is 0 Å². The lowest BCUT2D eigenvalue weighted by Crippen LogP contribution is -2.42. The quantitative estimate of drug-likeness (QED) is 0.109. The van der Waals surface area contributed by atoms with Gasteiger partial charge in [0.15, 0.2) is 5.82 Å². The maximum Gasteiger partial charge on any atom is 0.261 e. The summed E-state index contributed by atoms with van der Waals surface area (Å²) in [6, 6.07) is 47.2. The molecular weight excluding hydrogens is 621 g/mol. The predicted octanol–water partition coefficient (Wildman–Crippen LogP) is 7.08. The molecule has 50 heavy (non-hydrogen) atoms. The van der Waals surface area contributed by atoms with Gasteiger partial charge in [-0.1, -0.05) is 127 Å². The van der Waals surface area contributed by atoms with Gasteiger partial charge in [0.25, 0.3) is 11.8 Å². The van der Waals surface area contributed by atoms with E-state index in [4.69, 9.17) is 10.3 Å². The molecule has 0 saturated heterocycles. The summed E-state index contributed by atoms with van der Waals surface area (Å²) in [5.41, 5.74) is 5.93. The molecule has 8 rings (SSSR count). The number of benzene rings is 5. The zero-order valence-corrected chi connectivity index (χ0v) is 27.8. The van der Waals surface area contributed by atoms with Crippen molar-refractivity contribution in [3.05, 3.63) is 184 Å². The molecule has 1 atom stereocenters. The van der Waals surface area contributed by atoms with E-state index in [1.807, 2.05) is 22.9 Å². The molecule has 0 N–H and O–H groups in total. The first-order valence-corrected chi connectivity index (χ1v) is 17.4. The number of tetrazole rings is 1. The number of nitrogens with zero attached hydrogens (tertiary/aromatic N) is 6. The van der Waals surface area contributed by atoms with Gasteiger partial charge in [-0.15, -0.1) is 5.10 Å². The van der Waals surface area contributed by atoms with Crippen LogP contribution in [0.3, 0.4) is 0 Å². The van der Waals surface area contributed by atoms with E-state index in [9.17, 15) is 9.59 Å². The van der Waals surface area contributed by atoms with Crippen LogP contribution in [0.5, 0.6) is 0 Å². The standard InChI is InChI=1S/C42H38N6O2/c49-40-36-25-12-13-26-37(36)41(50)47(40)29-15-28-46(38-27-14-17-31-16-10-11-24-35(31)38)30-39-43-44-45-48(39)42(32-18-4-1-5-19-32,33-20-6-2-7-21-33)34-22-8-3-9-23-34/h1-13,16,18-26,38H,14-15,17,27-30H2. The Labute approximate surface area is 292 Å². The van der Waals surface area contributed by atoms with Gasteiger partial charge in [0.05, 0.1) is 17.7 Å². The van der Waals surface area contributed by atoms with E-state index in [0.29, 0.717) is 37.2 Å². The van der Waals surface area contributed by atoms with Gasteiger partial charge in [-0.2, -0.15) is 0 Å². The van der Waals surface area contributed by atoms with Gasteiger partial charge >= 0.3 is 0 Å². The Morgan fingerprint density at radius 3 is 1.82 bits per heavy atom. The average Bonchev–Trinajstić information content (AvgIpc) is 3.74. The van der Waals surface area contributed by atoms with Crippen molar-refractivity contribution in [3.8, 4) is 0 Å². The second kappa shape index (κ2) is 13.6. The summed E-state index contributed by atoms with van der Waals surface area (Å²) in [6.45, 7) is 1.46. The van der Waals surface area contributed by atoms with Crippen molar-refractivity contribution < 1.29 is 9.59 Å². The van der Waals surface area contributed by atoms with Crippen molar-refractivity contribution >= 4 is 11.8 Å². The summed E-state index contributed by atoms with van der Waals surface area (Å²) in [5.74, 6) is 0.287. The van der Waals surface area contributed by atoms with Crippen molar-refractivity contribution in [1.29, 1.82) is 0 Å². The van der Waals surface area contributed by atoms with Gasteiger partial charge < -0.3 is 0 Å². The third kappa shape index (κ3) is 5.51. The van der Waals surface area contributed by atoms with Gasteiger partial charge in [-0.05, 0) is 76.1 Å². The Balaban J connectivity index is 1.19. The number of aryl methyl sites for hydroxylation is 1. The fourth-order valence-electron chi connectivity index (χ4n) is 7.98. The number of aromatic nitrogens is 4. The molecule has 1 unspecified atom stereocenters. The minimum atomic E-state index is -0.848. The molecule has 5 aromatic carbocycles. The van der Waals surface area contributed by atoms with E-state index in [1.54, 1.807) is 24.3 Å². The third-order valence-corrected chi connectivity index (χ3v) is 10.3. The van der Waals surface area contributed by atoms with Crippen LogP contribution in [0, 0.1) is 0 Å². The monoisotopic (exact) mass is 658 g/mol. The van der Waals surface area contributed by atoms with Crippen LogP contribution in [-0.2, 0) is 18.5 Å². The fourth-order valence-corrected chi connectivity index (χ4v) is 7.98. The second-order valence-electron chi connectivity index (χ2n) is 13.1. The van der Waals surface area contributed by atoms with Crippen LogP contribution >= 0.6 is 0 Å². The maximum atomic E-state index is 13.2. The maximum absolute atomic E-state index is 13.2. The Kier molecular flexibility index (Phi) is 8.61. The minimum Gasteiger partial charge on any atom is -0.289 e. The highest BCUT2D eigenvalue weighted by molar-refractivity contribution is 6.21. The van der Waals surface area contributed by atoms with Gasteiger partial charge in [-0.3, -0.25) is 19.4 Å². The number of imide groups is 1. The molecule has 248 valence electrons. The van der Waals surface area contributed by atoms with Crippen LogP contribution in [0.1, 0.15) is 79.7 Å². The van der Waals surface area contributed by atoms with E-state index in [1.165, 1.54) is 16.0 Å². The zero-order valence-electron chi connectivity index (χ0n) is 27.8. The molecule has 1 aliphatic carbocycles. The predicted molar refractivity (Wildman–Crippen MR) is 191 cm³/mol. The molecule has 2 aliphatic rings. The lowest BCUT2D eigenvalue weighted by molar-refractivity contribution is 0.0640. The van der Waals surface area contributed by atoms with Crippen LogP contribution in [-0.4, -0.2) is 54.9 Å². The summed E-state index contributed by atoms with van der Waals surface area (Å²) in [7, 11) is 0. The Morgan fingerprint density at radius 1 is 0.680 bits per heavy atom. The third-order valence-electron chi connectivity index (χ3n) is 10.3. The molecule has 1 aliphatic heterocycles. The molecule has 8 heteroatoms. The van der Waals surface area contributed by atoms with Gasteiger partial charge in [0.2, 0.25) is 0 Å². The highest BCUT2D eigenvalue weighted by Gasteiger charge is 2.42. The summed E-state index contributed by atoms with van der Waals surface area (Å²) in [4.78, 5) is 30.3. The first kappa shape index (κ1) is 31.5. The molecule has 0 radical (unpaired) electrons. The van der Waals surface area contributed by atoms with Crippen LogP contribution in [0.2, 0.25) is 0 Å². The van der Waals surface area contributed by atoms with Gasteiger partial charge in [0, 0.05) is 19.1 Å². The van der Waals surface area contributed by atoms with Crippen molar-refractivity contribution in [2.24, 2.45) is 0 Å². The van der Waals surface area contributed by atoms with Crippen LogP contribution < -0.4 is 0 Å². The Bertz CT molecular complexity index is 1980. The lowest BCUT2D eigenvalue weighted by atomic mass is 9.77. The number of hydrogen-bond acceptors (Lipinski definition) is 6. The number of hydrogen-bond donors (Lipinski definition) is 0. The molecule has 1 aromatic heterocycles. The number of rotatable bonds is 11.